The Morgan fingerprint density at radius 2 is 1.18 bits per heavy atom. The molecule has 0 radical (unpaired) electrons. The average molecular weight is 709 g/mol. The van der Waals surface area contributed by atoms with Crippen molar-refractivity contribution in [1.29, 1.82) is 0 Å². The number of nitrogens with one attached hydrogen (secondary N) is 2. The average Bonchev–Trinajstić information content (AvgIpc) is 3.75. The van der Waals surface area contributed by atoms with Crippen LogP contribution in [0.25, 0.3) is 21.8 Å². The Morgan fingerprint density at radius 1 is 0.647 bits per heavy atom. The first kappa shape index (κ1) is 36.4. The summed E-state index contributed by atoms with van der Waals surface area (Å²) in [4.78, 5) is 37.5. The number of rotatable bonds is 4. The number of aromatic amines is 2. The number of amides is 2. The number of carbonyl (C=O) groups is 2. The number of H-pyrrole nitrogens is 2. The fourth-order valence-electron chi connectivity index (χ4n) is 7.04. The van der Waals surface area contributed by atoms with Gasteiger partial charge in [-0.05, 0) is 114 Å². The van der Waals surface area contributed by atoms with Crippen molar-refractivity contribution in [3.8, 4) is 0 Å². The van der Waals surface area contributed by atoms with E-state index in [1.807, 2.05) is 63.6 Å². The molecule has 2 aliphatic heterocycles. The lowest BCUT2D eigenvalue weighted by molar-refractivity contribution is 0.0194. The summed E-state index contributed by atoms with van der Waals surface area (Å²) in [5, 5.41) is 2.53. The topological polar surface area (TPSA) is 90.7 Å². The van der Waals surface area contributed by atoms with E-state index < -0.39 is 11.2 Å². The Bertz CT molecular complexity index is 1920. The molecule has 2 fully saturated rings. The molecule has 2 N–H and O–H groups in total. The highest BCUT2D eigenvalue weighted by Crippen LogP contribution is 2.39. The third-order valence-electron chi connectivity index (χ3n) is 9.47. The smallest absolute Gasteiger partial charge is 0.410 e. The van der Waals surface area contributed by atoms with Crippen LogP contribution in [-0.2, 0) is 9.47 Å². The minimum Gasteiger partial charge on any atom is -0.444 e. The van der Waals surface area contributed by atoms with Crippen molar-refractivity contribution in [3.63, 3.8) is 0 Å². The first-order valence-corrected chi connectivity index (χ1v) is 19.0. The predicted octanol–water partition coefficient (Wildman–Crippen LogP) is 10.7. The third-order valence-corrected chi connectivity index (χ3v) is 10.5. The molecule has 0 saturated carbocycles. The summed E-state index contributed by atoms with van der Waals surface area (Å²) in [5.41, 5.74) is 4.30. The molecule has 0 unspecified atom stereocenters. The lowest BCUT2D eigenvalue weighted by Crippen LogP contribution is -2.41. The van der Waals surface area contributed by atoms with Gasteiger partial charge in [0.1, 0.15) is 11.2 Å². The van der Waals surface area contributed by atoms with Gasteiger partial charge in [0.05, 0.1) is 5.52 Å². The number of aromatic nitrogens is 2. The zero-order chi connectivity index (χ0) is 36.2. The van der Waals surface area contributed by atoms with E-state index >= 15 is 0 Å². The van der Waals surface area contributed by atoms with Crippen molar-refractivity contribution < 1.29 is 19.1 Å². The highest BCUT2D eigenvalue weighted by atomic mass is 32.2. The van der Waals surface area contributed by atoms with Crippen molar-refractivity contribution in [2.75, 3.05) is 26.2 Å². The highest BCUT2D eigenvalue weighted by Gasteiger charge is 2.30. The number of para-hydroxylation sites is 2. The SMILES string of the molecule is CC(C)(C)OC(=O)N1CCC(c2cccc3c(Sc4ccccc4)c[nH]c23)CC1.CC(C)(C)OC(=O)N1CCC(c2cccc3cc[nH]c23)CC1. The molecule has 2 aliphatic rings. The van der Waals surface area contributed by atoms with E-state index in [2.05, 4.69) is 82.9 Å². The maximum Gasteiger partial charge on any atom is 0.410 e. The van der Waals surface area contributed by atoms with E-state index in [9.17, 15) is 9.59 Å². The Kier molecular flexibility index (Phi) is 11.1. The number of ether oxygens (including phenoxy) is 2. The maximum atomic E-state index is 12.3. The van der Waals surface area contributed by atoms with Crippen LogP contribution in [0.1, 0.15) is 90.2 Å². The molecule has 9 heteroatoms. The second-order valence-electron chi connectivity index (χ2n) is 15.6. The molecule has 270 valence electrons. The van der Waals surface area contributed by atoms with Crippen molar-refractivity contribution in [1.82, 2.24) is 19.8 Å². The highest BCUT2D eigenvalue weighted by molar-refractivity contribution is 7.99. The molecular weight excluding hydrogens is 657 g/mol. The van der Waals surface area contributed by atoms with Gasteiger partial charge in [-0.1, -0.05) is 66.4 Å². The van der Waals surface area contributed by atoms with Gasteiger partial charge in [0.25, 0.3) is 0 Å². The number of hydrogen-bond acceptors (Lipinski definition) is 5. The Hall–Kier alpha value is -4.37. The molecule has 0 atom stereocenters. The van der Waals surface area contributed by atoms with Crippen molar-refractivity contribution >= 4 is 45.8 Å². The number of carbonyl (C=O) groups excluding carboxylic acids is 2. The van der Waals surface area contributed by atoms with Crippen molar-refractivity contribution in [2.45, 2.75) is 100 Å². The largest absolute Gasteiger partial charge is 0.444 e. The molecular formula is C42H52N4O4S. The number of piperidine rings is 2. The molecule has 2 amide bonds. The van der Waals surface area contributed by atoms with Gasteiger partial charge >= 0.3 is 12.2 Å². The van der Waals surface area contributed by atoms with Crippen LogP contribution in [0.3, 0.4) is 0 Å². The van der Waals surface area contributed by atoms with Crippen LogP contribution in [0.5, 0.6) is 0 Å². The summed E-state index contributed by atoms with van der Waals surface area (Å²) in [6.45, 7) is 14.5. The quantitative estimate of drug-likeness (QED) is 0.194. The minimum atomic E-state index is -0.448. The zero-order valence-corrected chi connectivity index (χ0v) is 31.6. The Balaban J connectivity index is 0.000000183. The van der Waals surface area contributed by atoms with E-state index in [0.29, 0.717) is 11.8 Å². The Labute approximate surface area is 306 Å². The van der Waals surface area contributed by atoms with Crippen LogP contribution in [0.4, 0.5) is 9.59 Å². The fraction of sp³-hybridized carbons (Fsp3) is 0.429. The van der Waals surface area contributed by atoms with Crippen LogP contribution in [0.2, 0.25) is 0 Å². The lowest BCUT2D eigenvalue weighted by Gasteiger charge is -2.33. The van der Waals surface area contributed by atoms with Crippen LogP contribution >= 0.6 is 11.8 Å². The van der Waals surface area contributed by atoms with E-state index in [4.69, 9.17) is 9.47 Å². The monoisotopic (exact) mass is 708 g/mol. The number of fused-ring (bicyclic) bond motifs is 2. The van der Waals surface area contributed by atoms with Gasteiger partial charge in [-0.25, -0.2) is 9.59 Å². The van der Waals surface area contributed by atoms with Crippen LogP contribution < -0.4 is 0 Å². The van der Waals surface area contributed by atoms with Gasteiger partial charge in [-0.15, -0.1) is 0 Å². The van der Waals surface area contributed by atoms with E-state index in [-0.39, 0.29) is 12.2 Å². The summed E-state index contributed by atoms with van der Waals surface area (Å²) in [6, 6.07) is 25.6. The standard InChI is InChI=1S/C24H28N2O2S.C18H24N2O2/c1-24(2,3)28-23(27)26-14-12-17(13-15-26)19-10-7-11-20-21(16-25-22(19)20)29-18-8-5-4-6-9-18;1-18(2,3)22-17(21)20-11-8-13(9-12-20)15-6-4-5-14-7-10-19-16(14)15/h4-11,16-17,25H,12-15H2,1-3H3;4-7,10,13,19H,8-9,11-12H2,1-3H3. The van der Waals surface area contributed by atoms with E-state index in [0.717, 1.165) is 51.9 Å². The summed E-state index contributed by atoms with van der Waals surface area (Å²) in [5.74, 6) is 0.951. The molecule has 0 bridgehead atoms. The van der Waals surface area contributed by atoms with Gasteiger partial charge < -0.3 is 29.2 Å². The molecule has 2 saturated heterocycles. The van der Waals surface area contributed by atoms with E-state index in [1.54, 1.807) is 11.8 Å². The molecule has 7 rings (SSSR count). The third kappa shape index (κ3) is 9.30. The van der Waals surface area contributed by atoms with Gasteiger partial charge in [-0.2, -0.15) is 0 Å². The molecule has 0 aliphatic carbocycles. The second-order valence-corrected chi connectivity index (χ2v) is 16.7. The molecule has 8 nitrogen and oxygen atoms in total. The summed E-state index contributed by atoms with van der Waals surface area (Å²) in [7, 11) is 0. The van der Waals surface area contributed by atoms with Gasteiger partial charge in [0.15, 0.2) is 0 Å². The number of benzene rings is 3. The first-order valence-electron chi connectivity index (χ1n) is 18.2. The number of hydrogen-bond donors (Lipinski definition) is 2. The molecule has 4 heterocycles. The summed E-state index contributed by atoms with van der Waals surface area (Å²) < 4.78 is 11.0. The van der Waals surface area contributed by atoms with E-state index in [1.165, 1.54) is 42.7 Å². The number of likely N-dealkylation sites (tertiary alicyclic amines) is 2. The molecule has 3 aromatic carbocycles. The van der Waals surface area contributed by atoms with Crippen molar-refractivity contribution in [2.24, 2.45) is 0 Å². The predicted molar refractivity (Wildman–Crippen MR) is 207 cm³/mol. The summed E-state index contributed by atoms with van der Waals surface area (Å²) in [6.07, 6.45) is 7.59. The maximum absolute atomic E-state index is 12.3. The molecule has 51 heavy (non-hydrogen) atoms. The molecule has 0 spiro atoms. The lowest BCUT2D eigenvalue weighted by atomic mass is 9.88. The first-order chi connectivity index (χ1) is 24.3. The summed E-state index contributed by atoms with van der Waals surface area (Å²) >= 11 is 1.79. The van der Waals surface area contributed by atoms with Gasteiger partial charge in [0, 0.05) is 59.3 Å². The fourth-order valence-corrected chi connectivity index (χ4v) is 7.99. The Morgan fingerprint density at radius 3 is 1.73 bits per heavy atom. The second kappa shape index (κ2) is 15.5. The van der Waals surface area contributed by atoms with Crippen LogP contribution in [0, 0.1) is 0 Å². The van der Waals surface area contributed by atoms with Gasteiger partial charge in [0.2, 0.25) is 0 Å². The number of nitrogens with zero attached hydrogens (tertiary/aromatic N) is 2. The van der Waals surface area contributed by atoms with Crippen LogP contribution in [-0.4, -0.2) is 69.3 Å². The molecule has 2 aromatic heterocycles. The zero-order valence-electron chi connectivity index (χ0n) is 30.8. The van der Waals surface area contributed by atoms with Gasteiger partial charge in [-0.3, -0.25) is 0 Å². The van der Waals surface area contributed by atoms with Crippen LogP contribution in [0.15, 0.2) is 95.0 Å². The normalized spacial score (nSPS) is 16.2. The van der Waals surface area contributed by atoms with Crippen molar-refractivity contribution in [3.05, 3.63) is 96.3 Å². The molecule has 5 aromatic rings. The minimum absolute atomic E-state index is 0.191.